The van der Waals surface area contributed by atoms with Crippen molar-refractivity contribution in [2.45, 2.75) is 25.3 Å². The van der Waals surface area contributed by atoms with Crippen molar-refractivity contribution in [1.29, 1.82) is 0 Å². The Morgan fingerprint density at radius 1 is 1.23 bits per heavy atom. The Morgan fingerprint density at radius 2 is 2.04 bits per heavy atom. The lowest BCUT2D eigenvalue weighted by atomic mass is 10.1. The van der Waals surface area contributed by atoms with Crippen molar-refractivity contribution in [3.05, 3.63) is 65.5 Å². The van der Waals surface area contributed by atoms with Gasteiger partial charge in [-0.05, 0) is 42.7 Å². The average Bonchev–Trinajstić information content (AvgIpc) is 3.38. The Kier molecular flexibility index (Phi) is 4.16. The molecule has 0 atom stereocenters. The second kappa shape index (κ2) is 6.63. The molecule has 1 heterocycles. The highest BCUT2D eigenvalue weighted by atomic mass is 16.5. The maximum Gasteiger partial charge on any atom is 0.253 e. The minimum atomic E-state index is -0.110. The Morgan fingerprint density at radius 3 is 2.81 bits per heavy atom. The van der Waals surface area contributed by atoms with E-state index in [0.29, 0.717) is 29.7 Å². The van der Waals surface area contributed by atoms with Gasteiger partial charge >= 0.3 is 0 Å². The largest absolute Gasteiger partial charge is 0.508 e. The number of aromatic nitrogens is 2. The molecule has 0 saturated heterocycles. The van der Waals surface area contributed by atoms with E-state index in [1.54, 1.807) is 42.3 Å². The van der Waals surface area contributed by atoms with Crippen LogP contribution in [0.15, 0.2) is 53.1 Å². The highest BCUT2D eigenvalue weighted by molar-refractivity contribution is 5.95. The van der Waals surface area contributed by atoms with Crippen molar-refractivity contribution in [2.24, 2.45) is 0 Å². The molecule has 26 heavy (non-hydrogen) atoms. The maximum absolute atomic E-state index is 12.7. The smallest absolute Gasteiger partial charge is 0.253 e. The average molecular weight is 349 g/mol. The molecule has 1 fully saturated rings. The van der Waals surface area contributed by atoms with E-state index in [-0.39, 0.29) is 11.7 Å². The number of hydrogen-bond acceptors (Lipinski definition) is 5. The van der Waals surface area contributed by atoms with Crippen molar-refractivity contribution in [3.8, 4) is 17.1 Å². The summed E-state index contributed by atoms with van der Waals surface area (Å²) in [5, 5.41) is 13.6. The van der Waals surface area contributed by atoms with Crippen molar-refractivity contribution < 1.29 is 14.4 Å². The van der Waals surface area contributed by atoms with Crippen molar-refractivity contribution >= 4 is 5.91 Å². The van der Waals surface area contributed by atoms with E-state index in [1.165, 1.54) is 0 Å². The molecule has 1 aliphatic rings. The summed E-state index contributed by atoms with van der Waals surface area (Å²) in [6, 6.07) is 14.1. The van der Waals surface area contributed by atoms with E-state index in [4.69, 9.17) is 4.52 Å². The first-order valence-corrected chi connectivity index (χ1v) is 8.57. The van der Waals surface area contributed by atoms with Gasteiger partial charge in [0.05, 0.1) is 0 Å². The van der Waals surface area contributed by atoms with Crippen LogP contribution < -0.4 is 0 Å². The Hall–Kier alpha value is -3.15. The van der Waals surface area contributed by atoms with Gasteiger partial charge in [-0.25, -0.2) is 0 Å². The van der Waals surface area contributed by atoms with Gasteiger partial charge in [0, 0.05) is 30.6 Å². The summed E-state index contributed by atoms with van der Waals surface area (Å²) in [5.41, 5.74) is 2.18. The number of carbonyl (C=O) groups is 1. The molecule has 6 nitrogen and oxygen atoms in total. The number of aromatic hydroxyl groups is 1. The monoisotopic (exact) mass is 349 g/mol. The van der Waals surface area contributed by atoms with E-state index in [0.717, 1.165) is 24.0 Å². The van der Waals surface area contributed by atoms with Crippen LogP contribution in [0, 0.1) is 0 Å². The van der Waals surface area contributed by atoms with Gasteiger partial charge in [-0.3, -0.25) is 4.79 Å². The molecule has 1 aromatic heterocycles. The number of benzene rings is 2. The van der Waals surface area contributed by atoms with Gasteiger partial charge in [0.2, 0.25) is 11.7 Å². The van der Waals surface area contributed by atoms with Crippen LogP contribution in [-0.2, 0) is 6.54 Å². The van der Waals surface area contributed by atoms with E-state index in [9.17, 15) is 9.90 Å². The number of nitrogens with zero attached hydrogens (tertiary/aromatic N) is 3. The first-order valence-electron chi connectivity index (χ1n) is 8.57. The summed E-state index contributed by atoms with van der Waals surface area (Å²) >= 11 is 0. The molecule has 132 valence electrons. The van der Waals surface area contributed by atoms with Crippen LogP contribution in [0.25, 0.3) is 11.4 Å². The van der Waals surface area contributed by atoms with Gasteiger partial charge in [-0.1, -0.05) is 29.4 Å². The van der Waals surface area contributed by atoms with E-state index in [1.807, 2.05) is 18.2 Å². The summed E-state index contributed by atoms with van der Waals surface area (Å²) in [7, 11) is 1.73. The molecule has 3 aromatic rings. The fourth-order valence-electron chi connectivity index (χ4n) is 2.86. The third kappa shape index (κ3) is 3.44. The number of rotatable bonds is 5. The zero-order valence-corrected chi connectivity index (χ0v) is 14.4. The van der Waals surface area contributed by atoms with Gasteiger partial charge in [0.1, 0.15) is 5.75 Å². The van der Waals surface area contributed by atoms with Gasteiger partial charge in [-0.2, -0.15) is 4.98 Å². The Bertz CT molecular complexity index is 947. The summed E-state index contributed by atoms with van der Waals surface area (Å²) in [5.74, 6) is 1.67. The van der Waals surface area contributed by atoms with Crippen LogP contribution in [0.5, 0.6) is 5.75 Å². The minimum absolute atomic E-state index is 0.110. The minimum Gasteiger partial charge on any atom is -0.508 e. The summed E-state index contributed by atoms with van der Waals surface area (Å²) in [6.45, 7) is 0.408. The van der Waals surface area contributed by atoms with Crippen LogP contribution in [0.2, 0.25) is 0 Å². The summed E-state index contributed by atoms with van der Waals surface area (Å²) < 4.78 is 5.30. The van der Waals surface area contributed by atoms with Crippen molar-refractivity contribution in [1.82, 2.24) is 15.0 Å². The van der Waals surface area contributed by atoms with E-state index >= 15 is 0 Å². The molecule has 0 unspecified atom stereocenters. The predicted octanol–water partition coefficient (Wildman–Crippen LogP) is 3.59. The van der Waals surface area contributed by atoms with Crippen LogP contribution in [0.3, 0.4) is 0 Å². The third-order valence-corrected chi connectivity index (χ3v) is 4.41. The zero-order chi connectivity index (χ0) is 18.1. The summed E-state index contributed by atoms with van der Waals surface area (Å²) in [6.07, 6.45) is 2.19. The third-order valence-electron chi connectivity index (χ3n) is 4.41. The fraction of sp³-hybridized carbons (Fsp3) is 0.250. The standard InChI is InChI=1S/C20H19N3O3/c1-23(12-13-4-2-7-17(24)10-13)20(25)16-6-3-5-15(11-16)18-21-19(26-22-18)14-8-9-14/h2-7,10-11,14,24H,8-9,12H2,1H3. The van der Waals surface area contributed by atoms with E-state index < -0.39 is 0 Å². The van der Waals surface area contributed by atoms with Crippen LogP contribution >= 0.6 is 0 Å². The predicted molar refractivity (Wildman–Crippen MR) is 95.6 cm³/mol. The molecule has 0 bridgehead atoms. The van der Waals surface area contributed by atoms with E-state index in [2.05, 4.69) is 10.1 Å². The molecule has 2 aromatic carbocycles. The number of hydrogen-bond donors (Lipinski definition) is 1. The first kappa shape index (κ1) is 16.3. The molecule has 6 heteroatoms. The molecular formula is C20H19N3O3. The number of amides is 1. The highest BCUT2D eigenvalue weighted by Gasteiger charge is 2.29. The molecule has 1 aliphatic carbocycles. The molecule has 1 saturated carbocycles. The molecule has 1 amide bonds. The number of phenols is 1. The topological polar surface area (TPSA) is 79.5 Å². The normalized spacial score (nSPS) is 13.6. The maximum atomic E-state index is 12.7. The lowest BCUT2D eigenvalue weighted by molar-refractivity contribution is 0.0785. The lowest BCUT2D eigenvalue weighted by Crippen LogP contribution is -2.26. The SMILES string of the molecule is CN(Cc1cccc(O)c1)C(=O)c1cccc(-c2noc(C3CC3)n2)c1. The Labute approximate surface area is 151 Å². The molecule has 1 N–H and O–H groups in total. The molecular weight excluding hydrogens is 330 g/mol. The van der Waals surface area contributed by atoms with Crippen molar-refractivity contribution in [2.75, 3.05) is 7.05 Å². The van der Waals surface area contributed by atoms with Crippen molar-refractivity contribution in [3.63, 3.8) is 0 Å². The van der Waals surface area contributed by atoms with Gasteiger partial charge in [0.15, 0.2) is 0 Å². The summed E-state index contributed by atoms with van der Waals surface area (Å²) in [4.78, 5) is 18.8. The first-order chi connectivity index (χ1) is 12.6. The molecule has 0 spiro atoms. The number of carbonyl (C=O) groups excluding carboxylic acids is 1. The highest BCUT2D eigenvalue weighted by Crippen LogP contribution is 2.39. The number of phenolic OH excluding ortho intramolecular Hbond substituents is 1. The van der Waals surface area contributed by atoms with Gasteiger partial charge in [0.25, 0.3) is 5.91 Å². The van der Waals surface area contributed by atoms with Crippen LogP contribution in [0.4, 0.5) is 0 Å². The van der Waals surface area contributed by atoms with Crippen LogP contribution in [0.1, 0.15) is 40.6 Å². The van der Waals surface area contributed by atoms with Crippen LogP contribution in [-0.4, -0.2) is 33.1 Å². The second-order valence-corrected chi connectivity index (χ2v) is 6.64. The zero-order valence-electron chi connectivity index (χ0n) is 14.4. The molecule has 0 radical (unpaired) electrons. The second-order valence-electron chi connectivity index (χ2n) is 6.64. The van der Waals surface area contributed by atoms with Gasteiger partial charge < -0.3 is 14.5 Å². The van der Waals surface area contributed by atoms with Gasteiger partial charge in [-0.15, -0.1) is 0 Å². The molecule has 4 rings (SSSR count). The quantitative estimate of drug-likeness (QED) is 0.761. The molecule has 0 aliphatic heterocycles. The Balaban J connectivity index is 1.52. The fourth-order valence-corrected chi connectivity index (χ4v) is 2.86. The lowest BCUT2D eigenvalue weighted by Gasteiger charge is -2.17.